The molecule has 1 amide bonds. The van der Waals surface area contributed by atoms with Crippen LogP contribution in [0, 0.1) is 0 Å². The normalized spacial score (nSPS) is 22.3. The summed E-state index contributed by atoms with van der Waals surface area (Å²) in [6.07, 6.45) is 1.08. The van der Waals surface area contributed by atoms with Gasteiger partial charge < -0.3 is 10.6 Å². The summed E-state index contributed by atoms with van der Waals surface area (Å²) in [6, 6.07) is 0.917. The summed E-state index contributed by atoms with van der Waals surface area (Å²) < 4.78 is 0. The molecule has 0 aromatic carbocycles. The van der Waals surface area contributed by atoms with Crippen molar-refractivity contribution in [3.05, 3.63) is 0 Å². The molecule has 1 unspecified atom stereocenters. The first-order valence-electron chi connectivity index (χ1n) is 5.80. The van der Waals surface area contributed by atoms with E-state index in [1.165, 1.54) is 0 Å². The van der Waals surface area contributed by atoms with E-state index >= 15 is 0 Å². The molecule has 0 aromatic heterocycles. The average Bonchev–Trinajstić information content (AvgIpc) is 2.50. The van der Waals surface area contributed by atoms with Gasteiger partial charge in [0.05, 0.1) is 0 Å². The van der Waals surface area contributed by atoms with E-state index in [0.29, 0.717) is 12.1 Å². The molecule has 1 saturated heterocycles. The van der Waals surface area contributed by atoms with Gasteiger partial charge in [-0.3, -0.25) is 9.69 Å². The summed E-state index contributed by atoms with van der Waals surface area (Å²) in [5, 5.41) is 6.37. The topological polar surface area (TPSA) is 44.4 Å². The minimum Gasteiger partial charge on any atom is -0.352 e. The molecule has 1 heterocycles. The Morgan fingerprint density at radius 1 is 1.53 bits per heavy atom. The summed E-state index contributed by atoms with van der Waals surface area (Å²) >= 11 is 0. The van der Waals surface area contributed by atoms with Gasteiger partial charge in [0, 0.05) is 45.2 Å². The van der Waals surface area contributed by atoms with E-state index in [-0.39, 0.29) is 5.91 Å². The molecule has 0 saturated carbocycles. The highest BCUT2D eigenvalue weighted by atomic mass is 16.1. The van der Waals surface area contributed by atoms with Crippen LogP contribution in [0.1, 0.15) is 27.2 Å². The Kier molecular flexibility index (Phi) is 5.05. The number of rotatable bonds is 5. The molecule has 4 nitrogen and oxygen atoms in total. The van der Waals surface area contributed by atoms with E-state index < -0.39 is 0 Å². The summed E-state index contributed by atoms with van der Waals surface area (Å²) in [7, 11) is 0. The van der Waals surface area contributed by atoms with Crippen LogP contribution in [0.5, 0.6) is 0 Å². The van der Waals surface area contributed by atoms with Crippen LogP contribution >= 0.6 is 0 Å². The maximum absolute atomic E-state index is 10.9. The van der Waals surface area contributed by atoms with Crippen LogP contribution in [0.4, 0.5) is 0 Å². The van der Waals surface area contributed by atoms with Crippen molar-refractivity contribution in [2.75, 3.05) is 26.2 Å². The number of likely N-dealkylation sites (tertiary alicyclic amines) is 1. The van der Waals surface area contributed by atoms with Crippen LogP contribution in [0.15, 0.2) is 0 Å². The van der Waals surface area contributed by atoms with Crippen LogP contribution < -0.4 is 10.6 Å². The predicted molar refractivity (Wildman–Crippen MR) is 61.8 cm³/mol. The standard InChI is InChI=1S/C11H23N3O/c1-9(2)12-5-7-14-6-4-11(8-14)13-10(3)15/h9,11-12H,4-8H2,1-3H3,(H,13,15). The number of hydrogen-bond donors (Lipinski definition) is 2. The molecule has 1 rings (SSSR count). The van der Waals surface area contributed by atoms with E-state index in [2.05, 4.69) is 29.4 Å². The molecule has 1 atom stereocenters. The first-order chi connectivity index (χ1) is 7.08. The Morgan fingerprint density at radius 3 is 2.87 bits per heavy atom. The molecular weight excluding hydrogens is 190 g/mol. The molecule has 0 bridgehead atoms. The van der Waals surface area contributed by atoms with Crippen molar-refractivity contribution < 1.29 is 4.79 Å². The lowest BCUT2D eigenvalue weighted by atomic mass is 10.3. The van der Waals surface area contributed by atoms with Crippen LogP contribution in [-0.4, -0.2) is 49.1 Å². The van der Waals surface area contributed by atoms with E-state index in [1.807, 2.05) is 0 Å². The van der Waals surface area contributed by atoms with Crippen molar-refractivity contribution in [3.8, 4) is 0 Å². The van der Waals surface area contributed by atoms with Gasteiger partial charge >= 0.3 is 0 Å². The Balaban J connectivity index is 2.11. The lowest BCUT2D eigenvalue weighted by Crippen LogP contribution is -2.38. The number of carbonyl (C=O) groups excluding carboxylic acids is 1. The van der Waals surface area contributed by atoms with Gasteiger partial charge in [-0.2, -0.15) is 0 Å². The van der Waals surface area contributed by atoms with Crippen LogP contribution in [0.25, 0.3) is 0 Å². The molecule has 15 heavy (non-hydrogen) atoms. The van der Waals surface area contributed by atoms with Gasteiger partial charge in [-0.25, -0.2) is 0 Å². The number of nitrogens with one attached hydrogen (secondary N) is 2. The van der Waals surface area contributed by atoms with Crippen LogP contribution in [0.3, 0.4) is 0 Å². The smallest absolute Gasteiger partial charge is 0.217 e. The number of nitrogens with zero attached hydrogens (tertiary/aromatic N) is 1. The average molecular weight is 213 g/mol. The van der Waals surface area contributed by atoms with Crippen molar-refractivity contribution in [2.45, 2.75) is 39.3 Å². The maximum atomic E-state index is 10.9. The highest BCUT2D eigenvalue weighted by Gasteiger charge is 2.22. The zero-order valence-electron chi connectivity index (χ0n) is 10.0. The number of amides is 1. The van der Waals surface area contributed by atoms with Gasteiger partial charge in [0.25, 0.3) is 0 Å². The highest BCUT2D eigenvalue weighted by molar-refractivity contribution is 5.73. The molecule has 2 N–H and O–H groups in total. The third-order valence-corrected chi connectivity index (χ3v) is 2.66. The lowest BCUT2D eigenvalue weighted by Gasteiger charge is -2.17. The fraction of sp³-hybridized carbons (Fsp3) is 0.909. The van der Waals surface area contributed by atoms with Crippen molar-refractivity contribution >= 4 is 5.91 Å². The second-order valence-electron chi connectivity index (χ2n) is 4.60. The summed E-state index contributed by atoms with van der Waals surface area (Å²) in [5.74, 6) is 0.0853. The zero-order valence-corrected chi connectivity index (χ0v) is 10.0. The first-order valence-corrected chi connectivity index (χ1v) is 5.80. The number of hydrogen-bond acceptors (Lipinski definition) is 3. The SMILES string of the molecule is CC(=O)NC1CCN(CCNC(C)C)C1. The van der Waals surface area contributed by atoms with Crippen molar-refractivity contribution in [1.82, 2.24) is 15.5 Å². The minimum atomic E-state index is 0.0853. The van der Waals surface area contributed by atoms with E-state index in [0.717, 1.165) is 32.6 Å². The van der Waals surface area contributed by atoms with Crippen molar-refractivity contribution in [1.29, 1.82) is 0 Å². The molecule has 1 aliphatic rings. The van der Waals surface area contributed by atoms with E-state index in [1.54, 1.807) is 6.92 Å². The van der Waals surface area contributed by atoms with Gasteiger partial charge in [-0.1, -0.05) is 13.8 Å². The van der Waals surface area contributed by atoms with E-state index in [4.69, 9.17) is 0 Å². The first kappa shape index (κ1) is 12.5. The predicted octanol–water partition coefficient (Wildman–Crippen LogP) is 0.195. The molecule has 88 valence electrons. The zero-order chi connectivity index (χ0) is 11.3. The minimum absolute atomic E-state index is 0.0853. The Bertz CT molecular complexity index is 206. The second-order valence-corrected chi connectivity index (χ2v) is 4.60. The largest absolute Gasteiger partial charge is 0.352 e. The quantitative estimate of drug-likeness (QED) is 0.685. The van der Waals surface area contributed by atoms with Gasteiger partial charge in [0.15, 0.2) is 0 Å². The molecule has 1 fully saturated rings. The fourth-order valence-electron chi connectivity index (χ4n) is 1.95. The van der Waals surface area contributed by atoms with Crippen LogP contribution in [0.2, 0.25) is 0 Å². The van der Waals surface area contributed by atoms with Gasteiger partial charge in [0.1, 0.15) is 0 Å². The van der Waals surface area contributed by atoms with Crippen molar-refractivity contribution in [2.24, 2.45) is 0 Å². The molecule has 4 heteroatoms. The molecule has 0 aromatic rings. The highest BCUT2D eigenvalue weighted by Crippen LogP contribution is 2.07. The Labute approximate surface area is 92.4 Å². The number of carbonyl (C=O) groups is 1. The summed E-state index contributed by atoms with van der Waals surface area (Å²) in [4.78, 5) is 13.3. The molecule has 0 radical (unpaired) electrons. The third kappa shape index (κ3) is 5.14. The monoisotopic (exact) mass is 213 g/mol. The molecular formula is C11H23N3O. The molecule has 0 spiro atoms. The lowest BCUT2D eigenvalue weighted by molar-refractivity contribution is -0.119. The fourth-order valence-corrected chi connectivity index (χ4v) is 1.95. The van der Waals surface area contributed by atoms with Gasteiger partial charge in [0.2, 0.25) is 5.91 Å². The van der Waals surface area contributed by atoms with Crippen molar-refractivity contribution in [3.63, 3.8) is 0 Å². The second kappa shape index (κ2) is 6.08. The van der Waals surface area contributed by atoms with E-state index in [9.17, 15) is 4.79 Å². The van der Waals surface area contributed by atoms with Crippen LogP contribution in [-0.2, 0) is 4.79 Å². The summed E-state index contributed by atoms with van der Waals surface area (Å²) in [5.41, 5.74) is 0. The van der Waals surface area contributed by atoms with Gasteiger partial charge in [-0.05, 0) is 6.42 Å². The Morgan fingerprint density at radius 2 is 2.27 bits per heavy atom. The molecule has 1 aliphatic heterocycles. The third-order valence-electron chi connectivity index (χ3n) is 2.66. The maximum Gasteiger partial charge on any atom is 0.217 e. The molecule has 0 aliphatic carbocycles. The summed E-state index contributed by atoms with van der Waals surface area (Å²) in [6.45, 7) is 10.1. The van der Waals surface area contributed by atoms with Gasteiger partial charge in [-0.15, -0.1) is 0 Å². The Hall–Kier alpha value is -0.610.